The number of carbonyl (C=O) groups excluding carboxylic acids is 2. The molecule has 2 aliphatic rings. The van der Waals surface area contributed by atoms with Crippen LogP contribution in [0.25, 0.3) is 0 Å². The van der Waals surface area contributed by atoms with Crippen molar-refractivity contribution in [1.82, 2.24) is 9.80 Å². The van der Waals surface area contributed by atoms with Gasteiger partial charge in [-0.2, -0.15) is 0 Å². The van der Waals surface area contributed by atoms with E-state index in [1.54, 1.807) is 19.2 Å². The predicted octanol–water partition coefficient (Wildman–Crippen LogP) is 0.0706. The number of piperidine rings is 1. The first-order valence-corrected chi connectivity index (χ1v) is 6.16. The average Bonchev–Trinajstić information content (AvgIpc) is 2.69. The number of hydrogen-bond donors (Lipinski definition) is 1. The molecule has 0 aromatic rings. The maximum absolute atomic E-state index is 12.2. The van der Waals surface area contributed by atoms with Crippen LogP contribution in [0.3, 0.4) is 0 Å². The number of amides is 2. The Kier molecular flexibility index (Phi) is 3.47. The van der Waals surface area contributed by atoms with Gasteiger partial charge < -0.3 is 15.5 Å². The summed E-state index contributed by atoms with van der Waals surface area (Å²) in [5.41, 5.74) is 5.58. The zero-order chi connectivity index (χ0) is 12.4. The van der Waals surface area contributed by atoms with Gasteiger partial charge in [0, 0.05) is 19.3 Å². The van der Waals surface area contributed by atoms with Crippen LogP contribution in [0, 0.1) is 0 Å². The molecule has 5 heteroatoms. The monoisotopic (exact) mass is 237 g/mol. The Morgan fingerprint density at radius 3 is 2.59 bits per heavy atom. The summed E-state index contributed by atoms with van der Waals surface area (Å²) >= 11 is 0. The van der Waals surface area contributed by atoms with E-state index in [4.69, 9.17) is 5.73 Å². The molecule has 0 aromatic heterocycles. The van der Waals surface area contributed by atoms with Gasteiger partial charge in [0.25, 0.3) is 0 Å². The molecule has 0 aromatic carbocycles. The number of rotatable bonds is 2. The number of hydrogen-bond acceptors (Lipinski definition) is 3. The smallest absolute Gasteiger partial charge is 0.248 e. The maximum Gasteiger partial charge on any atom is 0.248 e. The van der Waals surface area contributed by atoms with Gasteiger partial charge in [0.15, 0.2) is 0 Å². The minimum atomic E-state index is -0.591. The summed E-state index contributed by atoms with van der Waals surface area (Å²) in [4.78, 5) is 27.2. The molecule has 2 atom stereocenters. The minimum absolute atomic E-state index is 0.0248. The fourth-order valence-electron chi connectivity index (χ4n) is 2.33. The standard InChI is InChI=1S/C12H19N3O2/c1-9(15-8-5-10(13)12(15)17)11(16)14-6-3-2-4-7-14/h5,8-10H,2-4,6-7,13H2,1H3/t9-,10+/m1/s1. The van der Waals surface area contributed by atoms with Crippen molar-refractivity contribution in [3.05, 3.63) is 12.3 Å². The quantitative estimate of drug-likeness (QED) is 0.739. The Morgan fingerprint density at radius 2 is 2.06 bits per heavy atom. The second kappa shape index (κ2) is 4.87. The van der Waals surface area contributed by atoms with Crippen LogP contribution in [0.4, 0.5) is 0 Å². The first kappa shape index (κ1) is 12.1. The number of carbonyl (C=O) groups is 2. The molecular weight excluding hydrogens is 218 g/mol. The van der Waals surface area contributed by atoms with E-state index in [-0.39, 0.29) is 11.8 Å². The lowest BCUT2D eigenvalue weighted by atomic mass is 10.1. The second-order valence-corrected chi connectivity index (χ2v) is 4.67. The van der Waals surface area contributed by atoms with Gasteiger partial charge in [-0.15, -0.1) is 0 Å². The summed E-state index contributed by atoms with van der Waals surface area (Å²) in [7, 11) is 0. The zero-order valence-electron chi connectivity index (χ0n) is 10.1. The van der Waals surface area contributed by atoms with Gasteiger partial charge in [-0.05, 0) is 32.3 Å². The van der Waals surface area contributed by atoms with Gasteiger partial charge in [0.05, 0.1) is 0 Å². The summed E-state index contributed by atoms with van der Waals surface area (Å²) in [6, 6.07) is -1.03. The van der Waals surface area contributed by atoms with Crippen molar-refractivity contribution in [1.29, 1.82) is 0 Å². The van der Waals surface area contributed by atoms with Gasteiger partial charge in [0.2, 0.25) is 11.8 Å². The van der Waals surface area contributed by atoms with Crippen LogP contribution in [0.5, 0.6) is 0 Å². The predicted molar refractivity (Wildman–Crippen MR) is 63.9 cm³/mol. The average molecular weight is 237 g/mol. The molecule has 5 nitrogen and oxygen atoms in total. The summed E-state index contributed by atoms with van der Waals surface area (Å²) in [5, 5.41) is 0. The highest BCUT2D eigenvalue weighted by molar-refractivity contribution is 5.93. The van der Waals surface area contributed by atoms with Crippen molar-refractivity contribution < 1.29 is 9.59 Å². The molecule has 0 saturated carbocycles. The third-order valence-corrected chi connectivity index (χ3v) is 3.44. The van der Waals surface area contributed by atoms with E-state index in [0.29, 0.717) is 0 Å². The number of nitrogens with zero attached hydrogens (tertiary/aromatic N) is 2. The Labute approximate surface area is 101 Å². The van der Waals surface area contributed by atoms with E-state index in [0.717, 1.165) is 25.9 Å². The third-order valence-electron chi connectivity index (χ3n) is 3.44. The van der Waals surface area contributed by atoms with E-state index in [9.17, 15) is 9.59 Å². The molecule has 94 valence electrons. The summed E-state index contributed by atoms with van der Waals surface area (Å²) in [6.07, 6.45) is 6.55. The molecule has 17 heavy (non-hydrogen) atoms. The molecule has 0 bridgehead atoms. The second-order valence-electron chi connectivity index (χ2n) is 4.67. The lowest BCUT2D eigenvalue weighted by Crippen LogP contribution is -2.49. The SMILES string of the molecule is C[C@H](C(=O)N1CCCCC1)N1C=C[C@H](N)C1=O. The normalized spacial score (nSPS) is 26.5. The highest BCUT2D eigenvalue weighted by Crippen LogP contribution is 2.16. The molecule has 2 aliphatic heterocycles. The highest BCUT2D eigenvalue weighted by Gasteiger charge is 2.33. The van der Waals surface area contributed by atoms with Crippen molar-refractivity contribution >= 4 is 11.8 Å². The van der Waals surface area contributed by atoms with E-state index >= 15 is 0 Å². The molecule has 1 saturated heterocycles. The van der Waals surface area contributed by atoms with Crippen LogP contribution < -0.4 is 5.73 Å². The van der Waals surface area contributed by atoms with Gasteiger partial charge in [0.1, 0.15) is 12.1 Å². The Hall–Kier alpha value is -1.36. The first-order chi connectivity index (χ1) is 8.11. The van der Waals surface area contributed by atoms with Crippen LogP contribution in [0.15, 0.2) is 12.3 Å². The fraction of sp³-hybridized carbons (Fsp3) is 0.667. The van der Waals surface area contributed by atoms with Gasteiger partial charge in [-0.25, -0.2) is 0 Å². The molecular formula is C12H19N3O2. The van der Waals surface area contributed by atoms with E-state index in [1.807, 2.05) is 4.90 Å². The maximum atomic E-state index is 12.2. The lowest BCUT2D eigenvalue weighted by molar-refractivity contribution is -0.142. The van der Waals surface area contributed by atoms with Crippen LogP contribution in [0.1, 0.15) is 26.2 Å². The van der Waals surface area contributed by atoms with Crippen LogP contribution in [-0.2, 0) is 9.59 Å². The minimum Gasteiger partial charge on any atom is -0.341 e. The van der Waals surface area contributed by atoms with E-state index in [1.165, 1.54) is 11.3 Å². The zero-order valence-corrected chi connectivity index (χ0v) is 10.1. The van der Waals surface area contributed by atoms with Gasteiger partial charge in [-0.1, -0.05) is 0 Å². The van der Waals surface area contributed by atoms with Crippen molar-refractivity contribution in [2.75, 3.05) is 13.1 Å². The summed E-state index contributed by atoms with van der Waals surface area (Å²) in [5.74, 6) is -0.167. The molecule has 2 amide bonds. The van der Waals surface area contributed by atoms with Gasteiger partial charge >= 0.3 is 0 Å². The van der Waals surface area contributed by atoms with E-state index in [2.05, 4.69) is 0 Å². The summed E-state index contributed by atoms with van der Waals surface area (Å²) in [6.45, 7) is 3.37. The molecule has 2 N–H and O–H groups in total. The molecule has 0 aliphatic carbocycles. The number of nitrogens with two attached hydrogens (primary N) is 1. The third kappa shape index (κ3) is 2.34. The largest absolute Gasteiger partial charge is 0.341 e. The molecule has 2 heterocycles. The molecule has 0 radical (unpaired) electrons. The molecule has 2 rings (SSSR count). The molecule has 0 spiro atoms. The van der Waals surface area contributed by atoms with Crippen molar-refractivity contribution in [2.24, 2.45) is 5.73 Å². The Bertz CT molecular complexity index is 348. The highest BCUT2D eigenvalue weighted by atomic mass is 16.2. The fourth-order valence-corrected chi connectivity index (χ4v) is 2.33. The Morgan fingerprint density at radius 1 is 1.41 bits per heavy atom. The van der Waals surface area contributed by atoms with E-state index < -0.39 is 12.1 Å². The summed E-state index contributed by atoms with van der Waals surface area (Å²) < 4.78 is 0. The number of likely N-dealkylation sites (tertiary alicyclic amines) is 1. The Balaban J connectivity index is 1.99. The topological polar surface area (TPSA) is 66.6 Å². The van der Waals surface area contributed by atoms with Crippen molar-refractivity contribution in [2.45, 2.75) is 38.3 Å². The van der Waals surface area contributed by atoms with Gasteiger partial charge in [-0.3, -0.25) is 9.59 Å². The first-order valence-electron chi connectivity index (χ1n) is 6.16. The van der Waals surface area contributed by atoms with Crippen molar-refractivity contribution in [3.8, 4) is 0 Å². The van der Waals surface area contributed by atoms with Crippen LogP contribution in [-0.4, -0.2) is 46.8 Å². The van der Waals surface area contributed by atoms with Crippen molar-refractivity contribution in [3.63, 3.8) is 0 Å². The molecule has 1 fully saturated rings. The van der Waals surface area contributed by atoms with Crippen LogP contribution >= 0.6 is 0 Å². The molecule has 0 unspecified atom stereocenters. The van der Waals surface area contributed by atoms with Crippen LogP contribution in [0.2, 0.25) is 0 Å². The lowest BCUT2D eigenvalue weighted by Gasteiger charge is -2.32.